The van der Waals surface area contributed by atoms with E-state index in [-0.39, 0.29) is 28.5 Å². The molecule has 0 aliphatic carbocycles. The van der Waals surface area contributed by atoms with Gasteiger partial charge in [-0.05, 0) is 80.6 Å². The summed E-state index contributed by atoms with van der Waals surface area (Å²) in [5.74, 6) is -0.705. The maximum Gasteiger partial charge on any atom is 0.266 e. The summed E-state index contributed by atoms with van der Waals surface area (Å²) in [6, 6.07) is 24.9. The Morgan fingerprint density at radius 3 is 1.98 bits per heavy atom. The summed E-state index contributed by atoms with van der Waals surface area (Å²) in [4.78, 5) is 39.6. The number of hydrogen-bond acceptors (Lipinski definition) is 6. The van der Waals surface area contributed by atoms with Gasteiger partial charge >= 0.3 is 0 Å². The van der Waals surface area contributed by atoms with Gasteiger partial charge in [0.1, 0.15) is 11.5 Å². The molecule has 0 saturated heterocycles. The number of anilines is 2. The SMILES string of the molecule is Cc1ccc(N2C(=O)c3ccc(Oc4ccc(NC(=O)CCS(=O)(=O)c5ccc(C)cc5)cc4)cc3C2=O)cc1. The lowest BCUT2D eigenvalue weighted by Gasteiger charge is -2.13. The molecular formula is C31H26N2O6S. The van der Waals surface area contributed by atoms with Crippen LogP contribution in [0.2, 0.25) is 0 Å². The summed E-state index contributed by atoms with van der Waals surface area (Å²) in [6.45, 7) is 3.80. The summed E-state index contributed by atoms with van der Waals surface area (Å²) >= 11 is 0. The standard InChI is InChI=1S/C31H26N2O6S/c1-20-3-9-23(10-4-20)33-30(35)27-16-13-25(19-28(27)31(33)36)39-24-11-7-22(8-12-24)32-29(34)17-18-40(37,38)26-14-5-21(2)6-15-26/h3-16,19H,17-18H2,1-2H3,(H,32,34). The molecule has 8 nitrogen and oxygen atoms in total. The van der Waals surface area contributed by atoms with Crippen LogP contribution in [0.25, 0.3) is 0 Å². The van der Waals surface area contributed by atoms with Crippen molar-refractivity contribution in [1.29, 1.82) is 0 Å². The monoisotopic (exact) mass is 554 g/mol. The minimum atomic E-state index is -3.57. The number of amides is 3. The van der Waals surface area contributed by atoms with E-state index in [2.05, 4.69) is 5.32 Å². The third kappa shape index (κ3) is 5.64. The summed E-state index contributed by atoms with van der Waals surface area (Å²) in [6.07, 6.45) is -0.185. The Bertz CT molecular complexity index is 1710. The van der Waals surface area contributed by atoms with Crippen LogP contribution in [0.3, 0.4) is 0 Å². The van der Waals surface area contributed by atoms with Crippen LogP contribution in [0.5, 0.6) is 11.5 Å². The minimum absolute atomic E-state index is 0.185. The number of nitrogens with one attached hydrogen (secondary N) is 1. The fourth-order valence-corrected chi connectivity index (χ4v) is 5.51. The van der Waals surface area contributed by atoms with Crippen LogP contribution in [0, 0.1) is 13.8 Å². The lowest BCUT2D eigenvalue weighted by molar-refractivity contribution is -0.115. The molecule has 0 fully saturated rings. The molecule has 0 saturated carbocycles. The molecular weight excluding hydrogens is 528 g/mol. The average molecular weight is 555 g/mol. The number of carbonyl (C=O) groups is 3. The molecule has 0 unspecified atom stereocenters. The van der Waals surface area contributed by atoms with Gasteiger partial charge in [0.2, 0.25) is 5.91 Å². The van der Waals surface area contributed by atoms with Crippen molar-refractivity contribution in [2.24, 2.45) is 0 Å². The van der Waals surface area contributed by atoms with Gasteiger partial charge in [0.25, 0.3) is 11.8 Å². The Labute approximate surface area is 232 Å². The molecule has 0 spiro atoms. The predicted octanol–water partition coefficient (Wildman–Crippen LogP) is 5.70. The number of aryl methyl sites for hydroxylation is 2. The number of rotatable bonds is 8. The highest BCUT2D eigenvalue weighted by atomic mass is 32.2. The van der Waals surface area contributed by atoms with Crippen LogP contribution in [-0.4, -0.2) is 31.9 Å². The number of nitrogens with zero attached hydrogens (tertiary/aromatic N) is 1. The number of carbonyl (C=O) groups excluding carboxylic acids is 3. The summed E-state index contributed by atoms with van der Waals surface area (Å²) < 4.78 is 30.9. The highest BCUT2D eigenvalue weighted by Gasteiger charge is 2.37. The second kappa shape index (κ2) is 10.8. The number of imide groups is 1. The normalized spacial score (nSPS) is 12.8. The van der Waals surface area contributed by atoms with E-state index >= 15 is 0 Å². The first kappa shape index (κ1) is 26.8. The lowest BCUT2D eigenvalue weighted by Crippen LogP contribution is -2.29. The Morgan fingerprint density at radius 2 is 1.32 bits per heavy atom. The van der Waals surface area contributed by atoms with Crippen molar-refractivity contribution in [3.63, 3.8) is 0 Å². The van der Waals surface area contributed by atoms with Crippen molar-refractivity contribution in [2.75, 3.05) is 16.0 Å². The van der Waals surface area contributed by atoms with E-state index in [1.807, 2.05) is 26.0 Å². The molecule has 1 aliphatic rings. The number of sulfone groups is 1. The Kier molecular flexibility index (Phi) is 7.23. The summed E-state index contributed by atoms with van der Waals surface area (Å²) in [7, 11) is -3.57. The molecule has 0 radical (unpaired) electrons. The van der Waals surface area contributed by atoms with Gasteiger partial charge in [-0.3, -0.25) is 14.4 Å². The smallest absolute Gasteiger partial charge is 0.266 e. The first-order valence-electron chi connectivity index (χ1n) is 12.6. The van der Waals surface area contributed by atoms with Crippen molar-refractivity contribution in [1.82, 2.24) is 0 Å². The van der Waals surface area contributed by atoms with Crippen molar-refractivity contribution < 1.29 is 27.5 Å². The molecule has 40 heavy (non-hydrogen) atoms. The number of ether oxygens (including phenoxy) is 1. The number of fused-ring (bicyclic) bond motifs is 1. The average Bonchev–Trinajstić information content (AvgIpc) is 3.18. The van der Waals surface area contributed by atoms with Crippen LogP contribution in [0.1, 0.15) is 38.3 Å². The zero-order valence-corrected chi connectivity index (χ0v) is 22.7. The van der Waals surface area contributed by atoms with E-state index in [0.717, 1.165) is 16.0 Å². The van der Waals surface area contributed by atoms with Gasteiger partial charge in [-0.25, -0.2) is 13.3 Å². The zero-order valence-electron chi connectivity index (χ0n) is 21.9. The zero-order chi connectivity index (χ0) is 28.4. The molecule has 9 heteroatoms. The van der Waals surface area contributed by atoms with Gasteiger partial charge in [-0.1, -0.05) is 35.4 Å². The lowest BCUT2D eigenvalue weighted by atomic mass is 10.1. The molecule has 1 heterocycles. The quantitative estimate of drug-likeness (QED) is 0.280. The molecule has 0 bridgehead atoms. The first-order valence-corrected chi connectivity index (χ1v) is 14.2. The van der Waals surface area contributed by atoms with E-state index in [0.29, 0.717) is 28.4 Å². The maximum absolute atomic E-state index is 13.0. The van der Waals surface area contributed by atoms with Gasteiger partial charge < -0.3 is 10.1 Å². The van der Waals surface area contributed by atoms with E-state index in [9.17, 15) is 22.8 Å². The van der Waals surface area contributed by atoms with Gasteiger partial charge in [-0.2, -0.15) is 0 Å². The molecule has 4 aromatic rings. The van der Waals surface area contributed by atoms with Gasteiger partial charge in [0.05, 0.1) is 27.5 Å². The number of hydrogen-bond donors (Lipinski definition) is 1. The van der Waals surface area contributed by atoms with Crippen LogP contribution < -0.4 is 15.0 Å². The molecule has 0 atom stereocenters. The van der Waals surface area contributed by atoms with E-state index in [1.54, 1.807) is 60.7 Å². The molecule has 1 N–H and O–H groups in total. The molecule has 5 rings (SSSR count). The Hall–Kier alpha value is -4.76. The van der Waals surface area contributed by atoms with Crippen molar-refractivity contribution in [3.8, 4) is 11.5 Å². The fourth-order valence-electron chi connectivity index (χ4n) is 4.27. The topological polar surface area (TPSA) is 110 Å². The van der Waals surface area contributed by atoms with E-state index in [4.69, 9.17) is 4.74 Å². The second-order valence-electron chi connectivity index (χ2n) is 9.55. The van der Waals surface area contributed by atoms with Crippen LogP contribution in [-0.2, 0) is 14.6 Å². The highest BCUT2D eigenvalue weighted by molar-refractivity contribution is 7.91. The summed E-state index contributed by atoms with van der Waals surface area (Å²) in [5, 5.41) is 2.69. The molecule has 0 aromatic heterocycles. The van der Waals surface area contributed by atoms with Crippen LogP contribution in [0.4, 0.5) is 11.4 Å². The highest BCUT2D eigenvalue weighted by Crippen LogP contribution is 2.32. The van der Waals surface area contributed by atoms with Crippen molar-refractivity contribution >= 4 is 38.9 Å². The summed E-state index contributed by atoms with van der Waals surface area (Å²) in [5.41, 5.74) is 3.52. The van der Waals surface area contributed by atoms with E-state index in [1.165, 1.54) is 18.2 Å². The van der Waals surface area contributed by atoms with Crippen molar-refractivity contribution in [2.45, 2.75) is 25.2 Å². The maximum atomic E-state index is 13.0. The van der Waals surface area contributed by atoms with Crippen molar-refractivity contribution in [3.05, 3.63) is 113 Å². The van der Waals surface area contributed by atoms with Crippen LogP contribution in [0.15, 0.2) is 95.9 Å². The van der Waals surface area contributed by atoms with Crippen LogP contribution >= 0.6 is 0 Å². The first-order chi connectivity index (χ1) is 19.1. The van der Waals surface area contributed by atoms with E-state index < -0.39 is 21.7 Å². The Balaban J connectivity index is 1.20. The fraction of sp³-hybridized carbons (Fsp3) is 0.129. The van der Waals surface area contributed by atoms with Gasteiger partial charge in [0, 0.05) is 12.1 Å². The second-order valence-corrected chi connectivity index (χ2v) is 11.7. The third-order valence-electron chi connectivity index (χ3n) is 6.50. The minimum Gasteiger partial charge on any atom is -0.457 e. The predicted molar refractivity (Wildman–Crippen MR) is 152 cm³/mol. The number of benzene rings is 4. The third-order valence-corrected chi connectivity index (χ3v) is 8.23. The Morgan fingerprint density at radius 1 is 0.750 bits per heavy atom. The molecule has 3 amide bonds. The van der Waals surface area contributed by atoms with Gasteiger partial charge in [-0.15, -0.1) is 0 Å². The molecule has 202 valence electrons. The van der Waals surface area contributed by atoms with Gasteiger partial charge in [0.15, 0.2) is 9.84 Å². The molecule has 4 aromatic carbocycles. The molecule has 1 aliphatic heterocycles. The largest absolute Gasteiger partial charge is 0.457 e.